The van der Waals surface area contributed by atoms with Gasteiger partial charge in [0.05, 0.1) is 19.1 Å². The highest BCUT2D eigenvalue weighted by Crippen LogP contribution is 2.28. The fraction of sp³-hybridized carbons (Fsp3) is 0.900. The number of halogens is 2. The first-order valence-electron chi connectivity index (χ1n) is 5.18. The fourth-order valence-corrected chi connectivity index (χ4v) is 1.68. The van der Waals surface area contributed by atoms with Gasteiger partial charge in [-0.15, -0.1) is 0 Å². The number of esters is 1. The molecule has 1 rings (SSSR count). The maximum Gasteiger partial charge on any atom is 0.308 e. The van der Waals surface area contributed by atoms with Crippen molar-refractivity contribution < 1.29 is 23.0 Å². The topological polar surface area (TPSA) is 61.5 Å². The van der Waals surface area contributed by atoms with Gasteiger partial charge in [0.1, 0.15) is 6.61 Å². The van der Waals surface area contributed by atoms with Crippen molar-refractivity contribution >= 4 is 5.97 Å². The van der Waals surface area contributed by atoms with Gasteiger partial charge in [-0.3, -0.25) is 4.79 Å². The van der Waals surface area contributed by atoms with E-state index in [1.807, 2.05) is 0 Å². The van der Waals surface area contributed by atoms with Crippen LogP contribution in [0.4, 0.5) is 8.78 Å². The predicted octanol–water partition coefficient (Wildman–Crippen LogP) is 1.18. The first kappa shape index (κ1) is 15.2. The molecule has 0 saturated heterocycles. The number of ether oxygens (including phenoxy) is 2. The number of carbonyl (C=O) groups is 1. The highest BCUT2D eigenvalue weighted by molar-refractivity contribution is 5.72. The van der Waals surface area contributed by atoms with E-state index in [0.29, 0.717) is 19.3 Å². The summed E-state index contributed by atoms with van der Waals surface area (Å²) in [6.45, 7) is -0.543. The van der Waals surface area contributed by atoms with Crippen molar-refractivity contribution in [1.29, 1.82) is 0 Å². The summed E-state index contributed by atoms with van der Waals surface area (Å²) in [7, 11) is 2.83. The molecule has 0 radical (unpaired) electrons. The second kappa shape index (κ2) is 8.41. The van der Waals surface area contributed by atoms with Crippen LogP contribution in [0.25, 0.3) is 0 Å². The number of alkyl halides is 2. The molecular formula is C10H19F2NO3. The molecule has 2 unspecified atom stereocenters. The highest BCUT2D eigenvalue weighted by atomic mass is 19.3. The van der Waals surface area contributed by atoms with Gasteiger partial charge >= 0.3 is 5.97 Å². The average Bonchev–Trinajstić information content (AvgIpc) is 2.76. The van der Waals surface area contributed by atoms with E-state index in [-0.39, 0.29) is 18.0 Å². The Hall–Kier alpha value is -0.750. The summed E-state index contributed by atoms with van der Waals surface area (Å²) in [4.78, 5) is 11.1. The van der Waals surface area contributed by atoms with Gasteiger partial charge in [0.25, 0.3) is 6.43 Å². The van der Waals surface area contributed by atoms with Crippen LogP contribution < -0.4 is 5.73 Å². The van der Waals surface area contributed by atoms with E-state index < -0.39 is 13.0 Å². The van der Waals surface area contributed by atoms with E-state index in [1.54, 1.807) is 0 Å². The summed E-state index contributed by atoms with van der Waals surface area (Å²) < 4.78 is 33.1. The molecule has 0 aromatic rings. The number of hydrogen-bond donors (Lipinski definition) is 1. The van der Waals surface area contributed by atoms with E-state index in [9.17, 15) is 13.6 Å². The van der Waals surface area contributed by atoms with Crippen LogP contribution in [0.15, 0.2) is 0 Å². The lowest BCUT2D eigenvalue weighted by atomic mass is 10.1. The molecule has 1 aliphatic carbocycles. The first-order chi connectivity index (χ1) is 7.63. The molecule has 2 N–H and O–H groups in total. The lowest BCUT2D eigenvalue weighted by molar-refractivity contribution is -0.145. The Morgan fingerprint density at radius 2 is 2.06 bits per heavy atom. The van der Waals surface area contributed by atoms with Gasteiger partial charge in [-0.2, -0.15) is 0 Å². The fourth-order valence-electron chi connectivity index (χ4n) is 1.68. The maximum atomic E-state index is 11.8. The van der Waals surface area contributed by atoms with Crippen molar-refractivity contribution in [3.63, 3.8) is 0 Å². The third-order valence-electron chi connectivity index (χ3n) is 2.38. The standard InChI is InChI=1S/C9H14F2O3.CH5N/c1-13-9(12)6-2-3-7(4-6)14-5-8(10)11;1-2/h6-8H,2-5H2,1H3;2H2,1H3. The summed E-state index contributed by atoms with van der Waals surface area (Å²) in [6.07, 6.45) is -0.827. The molecule has 0 bridgehead atoms. The Labute approximate surface area is 94.1 Å². The lowest BCUT2D eigenvalue weighted by Gasteiger charge is -2.11. The van der Waals surface area contributed by atoms with Gasteiger partial charge in [-0.1, -0.05) is 0 Å². The zero-order valence-corrected chi connectivity index (χ0v) is 9.62. The third kappa shape index (κ3) is 5.37. The summed E-state index contributed by atoms with van der Waals surface area (Å²) in [5.74, 6) is -0.448. The minimum absolute atomic E-state index is 0.178. The highest BCUT2D eigenvalue weighted by Gasteiger charge is 2.31. The molecular weight excluding hydrogens is 220 g/mol. The lowest BCUT2D eigenvalue weighted by Crippen LogP contribution is -2.17. The van der Waals surface area contributed by atoms with Crippen LogP contribution in [0.3, 0.4) is 0 Å². The van der Waals surface area contributed by atoms with Gasteiger partial charge < -0.3 is 15.2 Å². The van der Waals surface area contributed by atoms with Crippen LogP contribution >= 0.6 is 0 Å². The first-order valence-corrected chi connectivity index (χ1v) is 5.18. The minimum atomic E-state index is -2.44. The zero-order valence-electron chi connectivity index (χ0n) is 9.62. The van der Waals surface area contributed by atoms with Gasteiger partial charge in [-0.25, -0.2) is 8.78 Å². The van der Waals surface area contributed by atoms with E-state index in [0.717, 1.165) is 0 Å². The normalized spacial score (nSPS) is 23.9. The molecule has 1 fully saturated rings. The quantitative estimate of drug-likeness (QED) is 0.748. The Bertz CT molecular complexity index is 203. The Morgan fingerprint density at radius 1 is 1.44 bits per heavy atom. The Kier molecular flexibility index (Phi) is 8.01. The molecule has 0 aliphatic heterocycles. The number of rotatable bonds is 4. The van der Waals surface area contributed by atoms with Gasteiger partial charge in [0, 0.05) is 0 Å². The van der Waals surface area contributed by atoms with Gasteiger partial charge in [0.2, 0.25) is 0 Å². The number of methoxy groups -OCH3 is 1. The zero-order chi connectivity index (χ0) is 12.6. The second-order valence-corrected chi connectivity index (χ2v) is 3.38. The molecule has 6 heteroatoms. The molecule has 2 atom stereocenters. The largest absolute Gasteiger partial charge is 0.469 e. The number of hydrogen-bond acceptors (Lipinski definition) is 4. The number of nitrogens with two attached hydrogens (primary N) is 1. The van der Waals surface area contributed by atoms with Crippen molar-refractivity contribution in [3.8, 4) is 0 Å². The smallest absolute Gasteiger partial charge is 0.308 e. The van der Waals surface area contributed by atoms with Crippen molar-refractivity contribution in [3.05, 3.63) is 0 Å². The van der Waals surface area contributed by atoms with Crippen LogP contribution in [0, 0.1) is 5.92 Å². The molecule has 96 valence electrons. The summed E-state index contributed by atoms with van der Waals surface area (Å²) in [6, 6.07) is 0. The molecule has 4 nitrogen and oxygen atoms in total. The minimum Gasteiger partial charge on any atom is -0.469 e. The van der Waals surface area contributed by atoms with E-state index in [2.05, 4.69) is 10.5 Å². The molecule has 16 heavy (non-hydrogen) atoms. The molecule has 0 heterocycles. The molecule has 1 saturated carbocycles. The van der Waals surface area contributed by atoms with Crippen LogP contribution in [0.5, 0.6) is 0 Å². The van der Waals surface area contributed by atoms with Crippen molar-refractivity contribution in [2.75, 3.05) is 20.8 Å². The van der Waals surface area contributed by atoms with Crippen LogP contribution in [0.2, 0.25) is 0 Å². The van der Waals surface area contributed by atoms with E-state index >= 15 is 0 Å². The third-order valence-corrected chi connectivity index (χ3v) is 2.38. The van der Waals surface area contributed by atoms with Gasteiger partial charge in [0.15, 0.2) is 0 Å². The van der Waals surface area contributed by atoms with Crippen LogP contribution in [-0.4, -0.2) is 39.3 Å². The molecule has 0 aromatic heterocycles. The number of carbonyl (C=O) groups excluding carboxylic acids is 1. The van der Waals surface area contributed by atoms with Crippen molar-refractivity contribution in [2.45, 2.75) is 31.8 Å². The Morgan fingerprint density at radius 3 is 2.56 bits per heavy atom. The summed E-state index contributed by atoms with van der Waals surface area (Å²) in [5.41, 5.74) is 4.50. The molecule has 0 aromatic carbocycles. The average molecular weight is 239 g/mol. The second-order valence-electron chi connectivity index (χ2n) is 3.38. The van der Waals surface area contributed by atoms with Crippen molar-refractivity contribution in [2.24, 2.45) is 11.7 Å². The van der Waals surface area contributed by atoms with Crippen molar-refractivity contribution in [1.82, 2.24) is 0 Å². The SMILES string of the molecule is CN.COC(=O)C1CCC(OCC(F)F)C1. The Balaban J connectivity index is 0.00000106. The summed E-state index contributed by atoms with van der Waals surface area (Å²) >= 11 is 0. The monoisotopic (exact) mass is 239 g/mol. The molecule has 1 aliphatic rings. The summed E-state index contributed by atoms with van der Waals surface area (Å²) in [5, 5.41) is 0. The predicted molar refractivity (Wildman–Crippen MR) is 55.2 cm³/mol. The van der Waals surface area contributed by atoms with E-state index in [1.165, 1.54) is 14.2 Å². The van der Waals surface area contributed by atoms with Gasteiger partial charge in [-0.05, 0) is 26.3 Å². The van der Waals surface area contributed by atoms with Crippen LogP contribution in [-0.2, 0) is 14.3 Å². The molecule has 0 spiro atoms. The maximum absolute atomic E-state index is 11.8. The molecule has 0 amide bonds. The van der Waals surface area contributed by atoms with Crippen LogP contribution in [0.1, 0.15) is 19.3 Å². The van der Waals surface area contributed by atoms with E-state index in [4.69, 9.17) is 4.74 Å².